The predicted molar refractivity (Wildman–Crippen MR) is 115 cm³/mol. The summed E-state index contributed by atoms with van der Waals surface area (Å²) in [6.45, 7) is 10.4. The van der Waals surface area contributed by atoms with Crippen molar-refractivity contribution in [2.24, 2.45) is 5.92 Å². The fraction of sp³-hybridized carbons (Fsp3) is 0.478. The molecule has 2 amide bonds. The van der Waals surface area contributed by atoms with Gasteiger partial charge in [-0.15, -0.1) is 0 Å². The van der Waals surface area contributed by atoms with Crippen LogP contribution in [0, 0.1) is 25.6 Å². The van der Waals surface area contributed by atoms with Crippen LogP contribution in [-0.2, 0) is 11.2 Å². The van der Waals surface area contributed by atoms with E-state index in [1.807, 2.05) is 13.8 Å². The number of carbonyl (C=O) groups excluding carboxylic acids is 2. The lowest BCUT2D eigenvalue weighted by Gasteiger charge is -2.39. The molecule has 7 nitrogen and oxygen atoms in total. The summed E-state index contributed by atoms with van der Waals surface area (Å²) in [4.78, 5) is 40.5. The molecule has 166 valence electrons. The first-order chi connectivity index (χ1) is 14.6. The van der Waals surface area contributed by atoms with Gasteiger partial charge in [-0.1, -0.05) is 19.9 Å². The number of benzene rings is 1. The maximum atomic E-state index is 14.5. The van der Waals surface area contributed by atoms with Gasteiger partial charge in [0.25, 0.3) is 11.5 Å². The maximum absolute atomic E-state index is 14.5. The Morgan fingerprint density at radius 3 is 2.52 bits per heavy atom. The maximum Gasteiger partial charge on any atom is 0.267 e. The summed E-state index contributed by atoms with van der Waals surface area (Å²) in [6, 6.07) is 4.45. The molecule has 1 fully saturated rings. The molecule has 0 saturated carbocycles. The summed E-state index contributed by atoms with van der Waals surface area (Å²) in [5, 5.41) is 6.55. The number of piperazine rings is 1. The van der Waals surface area contributed by atoms with E-state index < -0.39 is 11.7 Å². The summed E-state index contributed by atoms with van der Waals surface area (Å²) in [5.41, 5.74) is 2.40. The number of H-pyrrole nitrogens is 1. The van der Waals surface area contributed by atoms with E-state index >= 15 is 0 Å². The molecule has 1 aliphatic heterocycles. The lowest BCUT2D eigenvalue weighted by Crippen LogP contribution is -2.55. The number of amides is 2. The number of rotatable bonds is 5. The quantitative estimate of drug-likeness (QED) is 0.793. The van der Waals surface area contributed by atoms with E-state index in [1.165, 1.54) is 17.0 Å². The van der Waals surface area contributed by atoms with Crippen molar-refractivity contribution >= 4 is 11.8 Å². The van der Waals surface area contributed by atoms with Gasteiger partial charge in [0, 0.05) is 31.1 Å². The molecule has 1 aliphatic rings. The number of nitrogens with zero attached hydrogens (tertiary/aromatic N) is 3. The summed E-state index contributed by atoms with van der Waals surface area (Å²) >= 11 is 0. The van der Waals surface area contributed by atoms with Crippen LogP contribution in [0.5, 0.6) is 0 Å². The molecule has 0 radical (unpaired) electrons. The zero-order chi connectivity index (χ0) is 22.9. The summed E-state index contributed by atoms with van der Waals surface area (Å²) in [5.74, 6) is -0.928. The molecule has 1 saturated heterocycles. The normalized spacial score (nSPS) is 15.5. The third-order valence-corrected chi connectivity index (χ3v) is 6.26. The van der Waals surface area contributed by atoms with Crippen molar-refractivity contribution in [3.8, 4) is 0 Å². The molecule has 0 unspecified atom stereocenters. The first-order valence-corrected chi connectivity index (χ1v) is 10.5. The average molecular weight is 429 g/mol. The van der Waals surface area contributed by atoms with Gasteiger partial charge in [0.05, 0.1) is 11.3 Å². The minimum absolute atomic E-state index is 0.0562. The Balaban J connectivity index is 1.79. The van der Waals surface area contributed by atoms with Crippen LogP contribution in [0.2, 0.25) is 0 Å². The number of carbonyl (C=O) groups is 2. The highest BCUT2D eigenvalue weighted by Gasteiger charge is 2.32. The Bertz CT molecular complexity index is 1060. The molecular weight excluding hydrogens is 399 g/mol. The van der Waals surface area contributed by atoms with E-state index in [4.69, 9.17) is 0 Å². The monoisotopic (exact) mass is 428 g/mol. The van der Waals surface area contributed by atoms with Crippen LogP contribution in [0.1, 0.15) is 53.5 Å². The van der Waals surface area contributed by atoms with Crippen molar-refractivity contribution in [2.45, 2.75) is 47.1 Å². The molecular formula is C23H29FN4O3. The molecule has 2 heterocycles. The average Bonchev–Trinajstić information content (AvgIpc) is 2.74. The van der Waals surface area contributed by atoms with Crippen molar-refractivity contribution in [1.82, 2.24) is 20.0 Å². The number of aromatic amines is 1. The number of hydrogen-bond donors (Lipinski definition) is 1. The standard InChI is InChI=1S/C23H29FN4O3/c1-13(2)16(5)28-9-8-27(12-21(28)29)23(31)18-10-17(6-7-19(18)24)11-20-14(3)15(4)22(30)26-25-20/h6-7,10,13,16H,8-9,11-12H2,1-5H3,(H,26,30)/t16-/m0/s1. The Hall–Kier alpha value is -3.03. The van der Waals surface area contributed by atoms with E-state index in [-0.39, 0.29) is 29.6 Å². The zero-order valence-electron chi connectivity index (χ0n) is 18.7. The molecule has 0 bridgehead atoms. The van der Waals surface area contributed by atoms with Crippen LogP contribution < -0.4 is 5.56 Å². The highest BCUT2D eigenvalue weighted by Crippen LogP contribution is 2.20. The Morgan fingerprint density at radius 1 is 1.16 bits per heavy atom. The molecule has 1 atom stereocenters. The molecule has 1 aromatic heterocycles. The lowest BCUT2D eigenvalue weighted by molar-refractivity contribution is -0.138. The molecule has 8 heteroatoms. The molecule has 0 spiro atoms. The van der Waals surface area contributed by atoms with Gasteiger partial charge in [-0.05, 0) is 49.9 Å². The third kappa shape index (κ3) is 4.68. The number of nitrogens with one attached hydrogen (secondary N) is 1. The Labute approximate surface area is 181 Å². The van der Waals surface area contributed by atoms with Crippen molar-refractivity contribution in [2.75, 3.05) is 19.6 Å². The minimum Gasteiger partial charge on any atom is -0.336 e. The van der Waals surface area contributed by atoms with Gasteiger partial charge >= 0.3 is 0 Å². The molecule has 3 rings (SSSR count). The zero-order valence-corrected chi connectivity index (χ0v) is 18.7. The minimum atomic E-state index is -0.624. The van der Waals surface area contributed by atoms with E-state index in [1.54, 1.807) is 17.9 Å². The van der Waals surface area contributed by atoms with Crippen molar-refractivity contribution in [3.05, 3.63) is 62.3 Å². The number of halogens is 1. The molecule has 31 heavy (non-hydrogen) atoms. The summed E-state index contributed by atoms with van der Waals surface area (Å²) in [6.07, 6.45) is 0.350. The van der Waals surface area contributed by atoms with E-state index in [0.717, 1.165) is 5.56 Å². The van der Waals surface area contributed by atoms with Crippen LogP contribution >= 0.6 is 0 Å². The van der Waals surface area contributed by atoms with Crippen molar-refractivity contribution in [3.63, 3.8) is 0 Å². The van der Waals surface area contributed by atoms with Crippen LogP contribution in [0.4, 0.5) is 4.39 Å². The Kier molecular flexibility index (Phi) is 6.57. The van der Waals surface area contributed by atoms with Crippen LogP contribution in [-0.4, -0.2) is 57.5 Å². The first kappa shape index (κ1) is 22.7. The van der Waals surface area contributed by atoms with Crippen LogP contribution in [0.25, 0.3) is 0 Å². The van der Waals surface area contributed by atoms with Gasteiger partial charge in [-0.3, -0.25) is 14.4 Å². The number of hydrogen-bond acceptors (Lipinski definition) is 4. The van der Waals surface area contributed by atoms with Gasteiger partial charge in [0.15, 0.2) is 0 Å². The van der Waals surface area contributed by atoms with Gasteiger partial charge in [-0.2, -0.15) is 5.10 Å². The largest absolute Gasteiger partial charge is 0.336 e. The summed E-state index contributed by atoms with van der Waals surface area (Å²) in [7, 11) is 0. The molecule has 2 aromatic rings. The molecule has 0 aliphatic carbocycles. The topological polar surface area (TPSA) is 86.4 Å². The third-order valence-electron chi connectivity index (χ3n) is 6.26. The van der Waals surface area contributed by atoms with Gasteiger partial charge in [0.1, 0.15) is 12.4 Å². The predicted octanol–water partition coefficient (Wildman–Crippen LogP) is 2.45. The molecule has 1 N–H and O–H groups in total. The van der Waals surface area contributed by atoms with Crippen molar-refractivity contribution < 1.29 is 14.0 Å². The first-order valence-electron chi connectivity index (χ1n) is 10.5. The SMILES string of the molecule is Cc1c(Cc2ccc(F)c(C(=O)N3CCN([C@@H](C)C(C)C)C(=O)C3)c2)n[nH]c(=O)c1C. The lowest BCUT2D eigenvalue weighted by atomic mass is 10.0. The Morgan fingerprint density at radius 2 is 1.87 bits per heavy atom. The smallest absolute Gasteiger partial charge is 0.267 e. The highest BCUT2D eigenvalue weighted by atomic mass is 19.1. The van der Waals surface area contributed by atoms with Crippen LogP contribution in [0.15, 0.2) is 23.0 Å². The van der Waals surface area contributed by atoms with Gasteiger partial charge in [0.2, 0.25) is 5.91 Å². The van der Waals surface area contributed by atoms with E-state index in [0.29, 0.717) is 42.2 Å². The second-order valence-corrected chi connectivity index (χ2v) is 8.54. The second-order valence-electron chi connectivity index (χ2n) is 8.54. The second kappa shape index (κ2) is 8.99. The van der Waals surface area contributed by atoms with E-state index in [2.05, 4.69) is 24.0 Å². The van der Waals surface area contributed by atoms with Gasteiger partial charge < -0.3 is 9.80 Å². The van der Waals surface area contributed by atoms with Crippen molar-refractivity contribution in [1.29, 1.82) is 0 Å². The van der Waals surface area contributed by atoms with Gasteiger partial charge in [-0.25, -0.2) is 9.49 Å². The van der Waals surface area contributed by atoms with Crippen LogP contribution in [0.3, 0.4) is 0 Å². The van der Waals surface area contributed by atoms with E-state index in [9.17, 15) is 18.8 Å². The number of aromatic nitrogens is 2. The summed E-state index contributed by atoms with van der Waals surface area (Å²) < 4.78 is 14.5. The fourth-order valence-electron chi connectivity index (χ4n) is 3.71. The molecule has 1 aromatic carbocycles. The highest BCUT2D eigenvalue weighted by molar-refractivity contribution is 5.97. The fourth-order valence-corrected chi connectivity index (χ4v) is 3.71.